The van der Waals surface area contributed by atoms with Crippen molar-refractivity contribution in [2.75, 3.05) is 20.5 Å². The lowest BCUT2D eigenvalue weighted by molar-refractivity contribution is -0.234. The van der Waals surface area contributed by atoms with Crippen LogP contribution in [0.4, 0.5) is 0 Å². The molecule has 8 atom stereocenters. The first-order valence-electron chi connectivity index (χ1n) is 12.3. The van der Waals surface area contributed by atoms with Crippen LogP contribution < -0.4 is 0 Å². The predicted octanol–water partition coefficient (Wildman–Crippen LogP) is 3.17. The molecule has 2 heterocycles. The number of carbonyl (C=O) groups excluding carboxylic acids is 1. The van der Waals surface area contributed by atoms with E-state index in [4.69, 9.17) is 23.7 Å². The molecule has 3 aliphatic carbocycles. The van der Waals surface area contributed by atoms with Crippen molar-refractivity contribution < 1.29 is 33.6 Å². The Morgan fingerprint density at radius 3 is 2.45 bits per heavy atom. The molecule has 0 unspecified atom stereocenters. The fourth-order valence-corrected chi connectivity index (χ4v) is 7.78. The third-order valence-corrected chi connectivity index (χ3v) is 9.49. The van der Waals surface area contributed by atoms with Gasteiger partial charge in [-0.3, -0.25) is 4.79 Å². The van der Waals surface area contributed by atoms with Crippen molar-refractivity contribution in [2.24, 2.45) is 16.7 Å². The molecule has 4 fully saturated rings. The van der Waals surface area contributed by atoms with Crippen LogP contribution in [0.15, 0.2) is 11.6 Å². The summed E-state index contributed by atoms with van der Waals surface area (Å²) in [4.78, 5) is 13.6. The molecule has 7 nitrogen and oxygen atoms in total. The average Bonchev–Trinajstić information content (AvgIpc) is 3.61. The molecule has 1 N–H and O–H groups in total. The monoisotopic (exact) mass is 464 g/mol. The number of rotatable bonds is 4. The highest BCUT2D eigenvalue weighted by molar-refractivity contribution is 6.03. The Labute approximate surface area is 197 Å². The van der Waals surface area contributed by atoms with Gasteiger partial charge in [-0.05, 0) is 58.6 Å². The summed E-state index contributed by atoms with van der Waals surface area (Å²) in [6, 6.07) is 0. The first-order valence-corrected chi connectivity index (χ1v) is 12.3. The third kappa shape index (κ3) is 2.93. The number of ketones is 1. The maximum atomic E-state index is 13.6. The molecule has 33 heavy (non-hydrogen) atoms. The summed E-state index contributed by atoms with van der Waals surface area (Å²) in [7, 11) is 1.58. The molecule has 2 aliphatic heterocycles. The van der Waals surface area contributed by atoms with Crippen molar-refractivity contribution in [1.29, 1.82) is 0 Å². The predicted molar refractivity (Wildman–Crippen MR) is 121 cm³/mol. The van der Waals surface area contributed by atoms with Gasteiger partial charge in [-0.15, -0.1) is 0 Å². The standard InChI is InChI=1S/C26H40O7/c1-15-11-16(27)26-20(33-26)19-23(7,12-18(30-14-29-8)25(15,28)22(26,5)6)17(32-21(2,3)4)9-10-24(19)13-31-24/h11,17-20,28H,9-10,12-14H2,1-8H3/t17-,18+,19+,20+,23+,24+,25-,26+/m0/s1. The molecule has 0 aromatic rings. The minimum absolute atomic E-state index is 0.0423. The van der Waals surface area contributed by atoms with Crippen LogP contribution in [0.1, 0.15) is 67.7 Å². The number of fused-ring (bicyclic) bond motifs is 4. The van der Waals surface area contributed by atoms with E-state index in [2.05, 4.69) is 27.7 Å². The zero-order chi connectivity index (χ0) is 24.2. The van der Waals surface area contributed by atoms with Gasteiger partial charge in [0.1, 0.15) is 18.5 Å². The third-order valence-electron chi connectivity index (χ3n) is 9.49. The average molecular weight is 465 g/mol. The smallest absolute Gasteiger partial charge is 0.190 e. The Hall–Kier alpha value is -0.830. The van der Waals surface area contributed by atoms with Crippen molar-refractivity contribution >= 4 is 5.78 Å². The molecular weight excluding hydrogens is 424 g/mol. The number of hydrogen-bond acceptors (Lipinski definition) is 7. The van der Waals surface area contributed by atoms with Crippen LogP contribution in [0.5, 0.6) is 0 Å². The summed E-state index contributed by atoms with van der Waals surface area (Å²) in [5.41, 5.74) is -3.87. The first kappa shape index (κ1) is 23.9. The van der Waals surface area contributed by atoms with Gasteiger partial charge in [0.2, 0.25) is 0 Å². The summed E-state index contributed by atoms with van der Waals surface area (Å²) < 4.78 is 30.9. The maximum absolute atomic E-state index is 13.6. The number of ether oxygens (including phenoxy) is 5. The minimum atomic E-state index is -1.40. The lowest BCUT2D eigenvalue weighted by atomic mass is 9.47. The van der Waals surface area contributed by atoms with E-state index in [9.17, 15) is 9.90 Å². The summed E-state index contributed by atoms with van der Waals surface area (Å²) in [6.45, 7) is 14.9. The summed E-state index contributed by atoms with van der Waals surface area (Å²) in [5, 5.41) is 12.4. The van der Waals surface area contributed by atoms with E-state index in [0.717, 1.165) is 12.8 Å². The van der Waals surface area contributed by atoms with Crippen LogP contribution >= 0.6 is 0 Å². The quantitative estimate of drug-likeness (QED) is 0.505. The molecule has 2 bridgehead atoms. The van der Waals surface area contributed by atoms with Gasteiger partial charge in [0, 0.05) is 23.9 Å². The fraction of sp³-hybridized carbons (Fsp3) is 0.885. The lowest BCUT2D eigenvalue weighted by Crippen LogP contribution is -2.71. The molecule has 5 rings (SSSR count). The van der Waals surface area contributed by atoms with Gasteiger partial charge in [-0.2, -0.15) is 0 Å². The Morgan fingerprint density at radius 1 is 1.21 bits per heavy atom. The van der Waals surface area contributed by atoms with E-state index >= 15 is 0 Å². The van der Waals surface area contributed by atoms with Crippen LogP contribution in [0.2, 0.25) is 0 Å². The van der Waals surface area contributed by atoms with Gasteiger partial charge >= 0.3 is 0 Å². The molecule has 0 amide bonds. The number of carbonyl (C=O) groups is 1. The van der Waals surface area contributed by atoms with Gasteiger partial charge in [-0.1, -0.05) is 20.8 Å². The van der Waals surface area contributed by atoms with Gasteiger partial charge in [0.25, 0.3) is 0 Å². The molecule has 186 valence electrons. The van der Waals surface area contributed by atoms with Crippen molar-refractivity contribution in [2.45, 2.75) is 108 Å². The van der Waals surface area contributed by atoms with E-state index in [0.29, 0.717) is 18.6 Å². The molecule has 2 saturated heterocycles. The summed E-state index contributed by atoms with van der Waals surface area (Å²) in [5.74, 6) is -0.108. The lowest BCUT2D eigenvalue weighted by Gasteiger charge is -2.59. The largest absolute Gasteiger partial charge is 0.382 e. The van der Waals surface area contributed by atoms with Gasteiger partial charge in [-0.25, -0.2) is 0 Å². The van der Waals surface area contributed by atoms with Crippen molar-refractivity contribution in [3.8, 4) is 0 Å². The maximum Gasteiger partial charge on any atom is 0.190 e. The van der Waals surface area contributed by atoms with Crippen LogP contribution in [0.3, 0.4) is 0 Å². The zero-order valence-corrected chi connectivity index (χ0v) is 21.3. The second-order valence-corrected chi connectivity index (χ2v) is 12.7. The van der Waals surface area contributed by atoms with Crippen LogP contribution in [-0.4, -0.2) is 72.1 Å². The number of hydrogen-bond donors (Lipinski definition) is 1. The summed E-state index contributed by atoms with van der Waals surface area (Å²) in [6.07, 6.45) is 2.82. The molecule has 5 aliphatic rings. The van der Waals surface area contributed by atoms with Crippen LogP contribution in [0.25, 0.3) is 0 Å². The van der Waals surface area contributed by atoms with Crippen LogP contribution in [0, 0.1) is 16.7 Å². The summed E-state index contributed by atoms with van der Waals surface area (Å²) >= 11 is 0. The molecule has 2 saturated carbocycles. The molecule has 0 aromatic heterocycles. The zero-order valence-electron chi connectivity index (χ0n) is 21.3. The Balaban J connectivity index is 1.70. The highest BCUT2D eigenvalue weighted by Gasteiger charge is 2.85. The Morgan fingerprint density at radius 2 is 1.88 bits per heavy atom. The van der Waals surface area contributed by atoms with Gasteiger partial charge in [0.15, 0.2) is 11.4 Å². The van der Waals surface area contributed by atoms with E-state index in [1.165, 1.54) is 0 Å². The van der Waals surface area contributed by atoms with Crippen LogP contribution in [-0.2, 0) is 28.5 Å². The number of aliphatic hydroxyl groups is 1. The number of epoxide rings is 2. The van der Waals surface area contributed by atoms with E-state index in [-0.39, 0.29) is 41.9 Å². The van der Waals surface area contributed by atoms with E-state index in [1.54, 1.807) is 13.2 Å². The normalized spacial score (nSPS) is 50.1. The second kappa shape index (κ2) is 6.89. The Bertz CT molecular complexity index is 884. The van der Waals surface area contributed by atoms with E-state index < -0.39 is 28.1 Å². The first-order chi connectivity index (χ1) is 15.2. The van der Waals surface area contributed by atoms with Crippen molar-refractivity contribution in [1.82, 2.24) is 0 Å². The second-order valence-electron chi connectivity index (χ2n) is 12.7. The topological polar surface area (TPSA) is 90.0 Å². The molecule has 2 spiro atoms. The molecule has 0 aromatic carbocycles. The van der Waals surface area contributed by atoms with E-state index in [1.807, 2.05) is 20.8 Å². The SMILES string of the molecule is COCO[C@@H]1C[C@]2(C)[C@@H](OC(C)(C)C)CC[C@@]3(CO3)[C@@H]2[C@H]2O[C@]23C(=O)C=C(C)[C@@]1(O)C3(C)C. The minimum Gasteiger partial charge on any atom is -0.382 e. The Kier molecular flexibility index (Phi) is 4.99. The van der Waals surface area contributed by atoms with Crippen molar-refractivity contribution in [3.63, 3.8) is 0 Å². The molecule has 7 heteroatoms. The molecule has 0 radical (unpaired) electrons. The van der Waals surface area contributed by atoms with Gasteiger partial charge < -0.3 is 28.8 Å². The highest BCUT2D eigenvalue weighted by atomic mass is 16.7. The number of methoxy groups -OCH3 is 1. The molecular formula is C26H40O7. The van der Waals surface area contributed by atoms with Gasteiger partial charge in [0.05, 0.1) is 30.0 Å². The highest BCUT2D eigenvalue weighted by Crippen LogP contribution is 2.72. The van der Waals surface area contributed by atoms with Crippen molar-refractivity contribution in [3.05, 3.63) is 11.6 Å². The fourth-order valence-electron chi connectivity index (χ4n) is 7.78.